The third-order valence-corrected chi connectivity index (χ3v) is 6.43. The molecule has 0 saturated carbocycles. The molecular weight excluding hydrogens is 442 g/mol. The van der Waals surface area contributed by atoms with Gasteiger partial charge in [0.2, 0.25) is 5.91 Å². The zero-order valence-electron chi connectivity index (χ0n) is 16.4. The molecule has 2 aromatic rings. The van der Waals surface area contributed by atoms with Crippen LogP contribution < -0.4 is 9.62 Å². The molecular formula is C20H26BrN3O3S. The van der Waals surface area contributed by atoms with Crippen LogP contribution in [0.2, 0.25) is 0 Å². The summed E-state index contributed by atoms with van der Waals surface area (Å²) in [5.74, 6) is -0.336. The molecule has 0 atom stereocenters. The largest absolute Gasteiger partial charge is 0.354 e. The summed E-state index contributed by atoms with van der Waals surface area (Å²) in [6.45, 7) is 2.96. The lowest BCUT2D eigenvalue weighted by atomic mass is 10.2. The van der Waals surface area contributed by atoms with Crippen molar-refractivity contribution in [3.63, 3.8) is 0 Å². The van der Waals surface area contributed by atoms with E-state index in [0.717, 1.165) is 27.3 Å². The van der Waals surface area contributed by atoms with E-state index in [-0.39, 0.29) is 17.3 Å². The highest BCUT2D eigenvalue weighted by atomic mass is 79.9. The van der Waals surface area contributed by atoms with E-state index in [1.165, 1.54) is 0 Å². The Labute approximate surface area is 175 Å². The number of hydrogen-bond acceptors (Lipinski definition) is 4. The molecule has 152 valence electrons. The number of anilines is 1. The molecule has 0 spiro atoms. The van der Waals surface area contributed by atoms with Gasteiger partial charge in [-0.15, -0.1) is 0 Å². The second-order valence-electron chi connectivity index (χ2n) is 6.81. The Morgan fingerprint density at radius 3 is 2.21 bits per heavy atom. The van der Waals surface area contributed by atoms with E-state index in [1.807, 2.05) is 25.9 Å². The van der Waals surface area contributed by atoms with Crippen LogP contribution in [0.1, 0.15) is 12.0 Å². The molecule has 6 nitrogen and oxygen atoms in total. The lowest BCUT2D eigenvalue weighted by molar-refractivity contribution is -0.119. The molecule has 0 unspecified atom stereocenters. The number of carbonyl (C=O) groups excluding carboxylic acids is 1. The van der Waals surface area contributed by atoms with E-state index in [9.17, 15) is 13.2 Å². The molecule has 0 aliphatic carbocycles. The first-order valence-corrected chi connectivity index (χ1v) is 11.2. The summed E-state index contributed by atoms with van der Waals surface area (Å²) < 4.78 is 28.4. The highest BCUT2D eigenvalue weighted by molar-refractivity contribution is 9.10. The molecule has 2 aromatic carbocycles. The van der Waals surface area contributed by atoms with E-state index < -0.39 is 10.0 Å². The van der Waals surface area contributed by atoms with Gasteiger partial charge in [0, 0.05) is 11.0 Å². The monoisotopic (exact) mass is 467 g/mol. The number of nitrogens with one attached hydrogen (secondary N) is 1. The minimum Gasteiger partial charge on any atom is -0.354 e. The Bertz CT molecular complexity index is 882. The number of amides is 1. The summed E-state index contributed by atoms with van der Waals surface area (Å²) in [5.41, 5.74) is 1.40. The molecule has 0 saturated heterocycles. The summed E-state index contributed by atoms with van der Waals surface area (Å²) in [4.78, 5) is 14.6. The second kappa shape index (κ2) is 10.0. The number of carbonyl (C=O) groups is 1. The standard InChI is InChI=1S/C20H26BrN3O3S/c1-16-5-11-19(12-6-16)28(26,27)24(18-9-7-17(21)8-10-18)15-20(25)22-13-4-14-23(2)3/h5-12H,4,13-15H2,1-3H3,(H,22,25). The molecule has 8 heteroatoms. The maximum atomic E-state index is 13.2. The lowest BCUT2D eigenvalue weighted by Crippen LogP contribution is -2.41. The van der Waals surface area contributed by atoms with Crippen molar-refractivity contribution in [3.8, 4) is 0 Å². The van der Waals surface area contributed by atoms with Crippen LogP contribution in [0.5, 0.6) is 0 Å². The Balaban J connectivity index is 2.23. The van der Waals surface area contributed by atoms with Crippen molar-refractivity contribution < 1.29 is 13.2 Å². The first kappa shape index (κ1) is 22.4. The Morgan fingerprint density at radius 1 is 1.04 bits per heavy atom. The second-order valence-corrected chi connectivity index (χ2v) is 9.59. The van der Waals surface area contributed by atoms with Crippen LogP contribution >= 0.6 is 15.9 Å². The van der Waals surface area contributed by atoms with Gasteiger partial charge in [-0.05, 0) is 70.4 Å². The number of benzene rings is 2. The smallest absolute Gasteiger partial charge is 0.264 e. The normalized spacial score (nSPS) is 11.5. The van der Waals surface area contributed by atoms with Crippen molar-refractivity contribution in [1.29, 1.82) is 0 Å². The minimum absolute atomic E-state index is 0.154. The van der Waals surface area contributed by atoms with Crippen molar-refractivity contribution >= 4 is 37.5 Å². The number of sulfonamides is 1. The van der Waals surface area contributed by atoms with Crippen molar-refractivity contribution in [2.45, 2.75) is 18.2 Å². The fraction of sp³-hybridized carbons (Fsp3) is 0.350. The van der Waals surface area contributed by atoms with Gasteiger partial charge in [0.05, 0.1) is 10.6 Å². The molecule has 0 radical (unpaired) electrons. The summed E-state index contributed by atoms with van der Waals surface area (Å²) in [6.07, 6.45) is 0.793. The Morgan fingerprint density at radius 2 is 1.64 bits per heavy atom. The predicted octanol–water partition coefficient (Wildman–Crippen LogP) is 3.02. The third-order valence-electron chi connectivity index (χ3n) is 4.12. The van der Waals surface area contributed by atoms with Gasteiger partial charge in [-0.1, -0.05) is 33.6 Å². The minimum atomic E-state index is -3.87. The highest BCUT2D eigenvalue weighted by Crippen LogP contribution is 2.25. The van der Waals surface area contributed by atoms with Gasteiger partial charge in [0.25, 0.3) is 10.0 Å². The zero-order chi connectivity index (χ0) is 20.7. The van der Waals surface area contributed by atoms with Crippen LogP contribution in [0, 0.1) is 6.92 Å². The first-order valence-electron chi connectivity index (χ1n) is 8.96. The van der Waals surface area contributed by atoms with Crippen LogP contribution in [0.25, 0.3) is 0 Å². The summed E-state index contributed by atoms with van der Waals surface area (Å²) >= 11 is 3.35. The van der Waals surface area contributed by atoms with Crippen molar-refractivity contribution in [2.75, 3.05) is 38.0 Å². The number of nitrogens with zero attached hydrogens (tertiary/aromatic N) is 2. The Kier molecular flexibility index (Phi) is 8.03. The highest BCUT2D eigenvalue weighted by Gasteiger charge is 2.27. The van der Waals surface area contributed by atoms with E-state index in [1.54, 1.807) is 48.5 Å². The molecule has 0 bridgehead atoms. The van der Waals surface area contributed by atoms with Crippen molar-refractivity contribution in [2.24, 2.45) is 0 Å². The molecule has 28 heavy (non-hydrogen) atoms. The van der Waals surface area contributed by atoms with Crippen LogP contribution in [0.15, 0.2) is 57.9 Å². The number of halogens is 1. The summed E-state index contributed by atoms with van der Waals surface area (Å²) in [5, 5.41) is 2.80. The summed E-state index contributed by atoms with van der Waals surface area (Å²) in [7, 11) is 0.0532. The molecule has 0 aliphatic rings. The quantitative estimate of drug-likeness (QED) is 0.575. The fourth-order valence-corrected chi connectivity index (χ4v) is 4.25. The molecule has 0 aliphatic heterocycles. The molecule has 2 rings (SSSR count). The van der Waals surface area contributed by atoms with Crippen LogP contribution in [-0.2, 0) is 14.8 Å². The first-order chi connectivity index (χ1) is 13.2. The zero-order valence-corrected chi connectivity index (χ0v) is 18.8. The number of rotatable bonds is 9. The van der Waals surface area contributed by atoms with Gasteiger partial charge in [-0.25, -0.2) is 8.42 Å². The van der Waals surface area contributed by atoms with Crippen LogP contribution in [0.3, 0.4) is 0 Å². The summed E-state index contributed by atoms with van der Waals surface area (Å²) in [6, 6.07) is 13.5. The molecule has 1 N–H and O–H groups in total. The average molecular weight is 468 g/mol. The van der Waals surface area contributed by atoms with Crippen LogP contribution in [0.4, 0.5) is 5.69 Å². The van der Waals surface area contributed by atoms with Crippen molar-refractivity contribution in [3.05, 3.63) is 58.6 Å². The molecule has 0 aromatic heterocycles. The Hall–Kier alpha value is -1.90. The maximum absolute atomic E-state index is 13.2. The van der Waals surface area contributed by atoms with E-state index in [0.29, 0.717) is 12.2 Å². The number of aryl methyl sites for hydroxylation is 1. The predicted molar refractivity (Wildman–Crippen MR) is 116 cm³/mol. The third kappa shape index (κ3) is 6.32. The van der Waals surface area contributed by atoms with E-state index in [4.69, 9.17) is 0 Å². The van der Waals surface area contributed by atoms with Gasteiger partial charge in [0.1, 0.15) is 6.54 Å². The fourth-order valence-electron chi connectivity index (χ4n) is 2.57. The van der Waals surface area contributed by atoms with Gasteiger partial charge in [0.15, 0.2) is 0 Å². The van der Waals surface area contributed by atoms with Gasteiger partial charge < -0.3 is 10.2 Å². The topological polar surface area (TPSA) is 69.7 Å². The van der Waals surface area contributed by atoms with Crippen LogP contribution in [-0.4, -0.2) is 53.0 Å². The maximum Gasteiger partial charge on any atom is 0.264 e. The molecule has 0 heterocycles. The SMILES string of the molecule is Cc1ccc(S(=O)(=O)N(CC(=O)NCCCN(C)C)c2ccc(Br)cc2)cc1. The van der Waals surface area contributed by atoms with Gasteiger partial charge >= 0.3 is 0 Å². The molecule has 0 fully saturated rings. The van der Waals surface area contributed by atoms with E-state index in [2.05, 4.69) is 21.2 Å². The number of hydrogen-bond donors (Lipinski definition) is 1. The lowest BCUT2D eigenvalue weighted by Gasteiger charge is -2.24. The van der Waals surface area contributed by atoms with Gasteiger partial charge in [-0.3, -0.25) is 9.10 Å². The van der Waals surface area contributed by atoms with Gasteiger partial charge in [-0.2, -0.15) is 0 Å². The van der Waals surface area contributed by atoms with E-state index >= 15 is 0 Å². The van der Waals surface area contributed by atoms with Crippen molar-refractivity contribution in [1.82, 2.24) is 10.2 Å². The average Bonchev–Trinajstić information content (AvgIpc) is 2.64. The molecule has 1 amide bonds.